The maximum absolute atomic E-state index is 4.32. The van der Waals surface area contributed by atoms with Crippen LogP contribution >= 0.6 is 0 Å². The van der Waals surface area contributed by atoms with Crippen molar-refractivity contribution in [3.8, 4) is 0 Å². The van der Waals surface area contributed by atoms with Gasteiger partial charge in [-0.2, -0.15) is 5.10 Å². The molecule has 0 aliphatic heterocycles. The van der Waals surface area contributed by atoms with Gasteiger partial charge in [0, 0.05) is 25.3 Å². The minimum Gasteiger partial charge on any atom is -0.304 e. The van der Waals surface area contributed by atoms with Gasteiger partial charge in [0.2, 0.25) is 0 Å². The lowest BCUT2D eigenvalue weighted by Gasteiger charge is -2.19. The monoisotopic (exact) mass is 255 g/mol. The maximum atomic E-state index is 4.32. The molecule has 1 fully saturated rings. The maximum Gasteiger partial charge on any atom is 0.0522 e. The van der Waals surface area contributed by atoms with Crippen LogP contribution in [0.4, 0.5) is 0 Å². The van der Waals surface area contributed by atoms with Crippen molar-refractivity contribution in [2.45, 2.75) is 38.9 Å². The van der Waals surface area contributed by atoms with Crippen LogP contribution in [0.1, 0.15) is 37.1 Å². The van der Waals surface area contributed by atoms with E-state index in [2.05, 4.69) is 58.4 Å². The Hall–Kier alpha value is -1.61. The molecule has 0 radical (unpaired) electrons. The molecule has 1 atom stereocenters. The average molecular weight is 255 g/mol. The third kappa shape index (κ3) is 2.87. The number of aryl methyl sites for hydroxylation is 1. The molecule has 1 aromatic carbocycles. The zero-order valence-corrected chi connectivity index (χ0v) is 11.4. The van der Waals surface area contributed by atoms with E-state index in [4.69, 9.17) is 0 Å². The van der Waals surface area contributed by atoms with Crippen LogP contribution in [0.5, 0.6) is 0 Å². The van der Waals surface area contributed by atoms with E-state index in [0.717, 1.165) is 19.0 Å². The lowest BCUT2D eigenvalue weighted by molar-refractivity contribution is 0.463. The standard InChI is InChI=1S/C16H21N3/c1-2-19-15(10-11-18-19)12-17-16(14-8-9-14)13-6-4-3-5-7-13/h3-7,10-11,14,16-17H,2,8-9,12H2,1H3. The molecular weight excluding hydrogens is 234 g/mol. The second kappa shape index (κ2) is 5.57. The Bertz CT molecular complexity index is 514. The Morgan fingerprint density at radius 2 is 2.05 bits per heavy atom. The Balaban J connectivity index is 1.69. The molecule has 1 heterocycles. The van der Waals surface area contributed by atoms with E-state index in [-0.39, 0.29) is 0 Å². The highest BCUT2D eigenvalue weighted by Gasteiger charge is 2.31. The van der Waals surface area contributed by atoms with Gasteiger partial charge in [-0.05, 0) is 37.3 Å². The number of benzene rings is 1. The van der Waals surface area contributed by atoms with Crippen molar-refractivity contribution >= 4 is 0 Å². The molecule has 0 amide bonds. The van der Waals surface area contributed by atoms with Crippen molar-refractivity contribution in [2.75, 3.05) is 0 Å². The second-order valence-corrected chi connectivity index (χ2v) is 5.24. The molecule has 3 rings (SSSR count). The summed E-state index contributed by atoms with van der Waals surface area (Å²) in [5.41, 5.74) is 2.68. The molecule has 3 heteroatoms. The van der Waals surface area contributed by atoms with Crippen molar-refractivity contribution in [1.82, 2.24) is 15.1 Å². The Kier molecular flexibility index (Phi) is 3.65. The van der Waals surface area contributed by atoms with Crippen LogP contribution in [-0.2, 0) is 13.1 Å². The molecule has 1 aliphatic carbocycles. The van der Waals surface area contributed by atoms with Crippen molar-refractivity contribution in [3.05, 3.63) is 53.9 Å². The van der Waals surface area contributed by atoms with Gasteiger partial charge in [-0.25, -0.2) is 0 Å². The van der Waals surface area contributed by atoms with Crippen molar-refractivity contribution < 1.29 is 0 Å². The zero-order valence-electron chi connectivity index (χ0n) is 11.4. The number of rotatable bonds is 6. The number of hydrogen-bond acceptors (Lipinski definition) is 2. The molecule has 1 unspecified atom stereocenters. The summed E-state index contributed by atoms with van der Waals surface area (Å²) in [6.07, 6.45) is 4.58. The lowest BCUT2D eigenvalue weighted by Crippen LogP contribution is -2.24. The highest BCUT2D eigenvalue weighted by molar-refractivity contribution is 5.21. The highest BCUT2D eigenvalue weighted by Crippen LogP contribution is 2.41. The summed E-state index contributed by atoms with van der Waals surface area (Å²) >= 11 is 0. The third-order valence-electron chi connectivity index (χ3n) is 3.86. The van der Waals surface area contributed by atoms with Crippen LogP contribution in [0, 0.1) is 5.92 Å². The minimum atomic E-state index is 0.487. The molecular formula is C16H21N3. The van der Waals surface area contributed by atoms with Gasteiger partial charge in [0.15, 0.2) is 0 Å². The minimum absolute atomic E-state index is 0.487. The first-order chi connectivity index (χ1) is 9.38. The highest BCUT2D eigenvalue weighted by atomic mass is 15.3. The number of aromatic nitrogens is 2. The van der Waals surface area contributed by atoms with E-state index < -0.39 is 0 Å². The third-order valence-corrected chi connectivity index (χ3v) is 3.86. The van der Waals surface area contributed by atoms with E-state index in [1.165, 1.54) is 24.1 Å². The van der Waals surface area contributed by atoms with E-state index in [0.29, 0.717) is 6.04 Å². The molecule has 100 valence electrons. The van der Waals surface area contributed by atoms with Crippen LogP contribution in [0.3, 0.4) is 0 Å². The van der Waals surface area contributed by atoms with Crippen molar-refractivity contribution in [3.63, 3.8) is 0 Å². The molecule has 1 aliphatic rings. The predicted octanol–water partition coefficient (Wildman–Crippen LogP) is 3.14. The van der Waals surface area contributed by atoms with Crippen LogP contribution in [-0.4, -0.2) is 9.78 Å². The van der Waals surface area contributed by atoms with E-state index in [1.807, 2.05) is 6.20 Å². The first kappa shape index (κ1) is 12.4. The van der Waals surface area contributed by atoms with Gasteiger partial charge in [0.1, 0.15) is 0 Å². The molecule has 0 spiro atoms. The number of nitrogens with zero attached hydrogens (tertiary/aromatic N) is 2. The van der Waals surface area contributed by atoms with Gasteiger partial charge in [-0.3, -0.25) is 4.68 Å². The summed E-state index contributed by atoms with van der Waals surface area (Å²) in [5, 5.41) is 8.04. The summed E-state index contributed by atoms with van der Waals surface area (Å²) in [4.78, 5) is 0. The molecule has 19 heavy (non-hydrogen) atoms. The Labute approximate surface area is 114 Å². The van der Waals surface area contributed by atoms with Gasteiger partial charge in [-0.15, -0.1) is 0 Å². The van der Waals surface area contributed by atoms with Crippen LogP contribution in [0.2, 0.25) is 0 Å². The van der Waals surface area contributed by atoms with E-state index in [1.54, 1.807) is 0 Å². The quantitative estimate of drug-likeness (QED) is 0.859. The van der Waals surface area contributed by atoms with Gasteiger partial charge < -0.3 is 5.32 Å². The molecule has 3 nitrogen and oxygen atoms in total. The molecule has 0 saturated heterocycles. The van der Waals surface area contributed by atoms with Crippen LogP contribution < -0.4 is 5.32 Å². The molecule has 1 N–H and O–H groups in total. The van der Waals surface area contributed by atoms with Crippen molar-refractivity contribution in [2.24, 2.45) is 5.92 Å². The van der Waals surface area contributed by atoms with Crippen LogP contribution in [0.15, 0.2) is 42.6 Å². The summed E-state index contributed by atoms with van der Waals surface area (Å²) in [5.74, 6) is 0.806. The Morgan fingerprint density at radius 1 is 1.26 bits per heavy atom. The molecule has 1 aromatic heterocycles. The fourth-order valence-electron chi connectivity index (χ4n) is 2.66. The zero-order chi connectivity index (χ0) is 13.1. The van der Waals surface area contributed by atoms with Crippen LogP contribution in [0.25, 0.3) is 0 Å². The summed E-state index contributed by atoms with van der Waals surface area (Å²) in [7, 11) is 0. The number of hydrogen-bond donors (Lipinski definition) is 1. The fourth-order valence-corrected chi connectivity index (χ4v) is 2.66. The Morgan fingerprint density at radius 3 is 2.74 bits per heavy atom. The normalized spacial score (nSPS) is 16.5. The summed E-state index contributed by atoms with van der Waals surface area (Å²) in [6, 6.07) is 13.4. The topological polar surface area (TPSA) is 29.9 Å². The van der Waals surface area contributed by atoms with Gasteiger partial charge in [0.05, 0.1) is 5.69 Å². The smallest absolute Gasteiger partial charge is 0.0522 e. The van der Waals surface area contributed by atoms with Gasteiger partial charge in [-0.1, -0.05) is 30.3 Å². The van der Waals surface area contributed by atoms with Gasteiger partial charge in [0.25, 0.3) is 0 Å². The first-order valence-corrected chi connectivity index (χ1v) is 7.17. The van der Waals surface area contributed by atoms with Crippen molar-refractivity contribution in [1.29, 1.82) is 0 Å². The van der Waals surface area contributed by atoms with Gasteiger partial charge >= 0.3 is 0 Å². The summed E-state index contributed by atoms with van der Waals surface area (Å²) < 4.78 is 2.06. The van der Waals surface area contributed by atoms with E-state index >= 15 is 0 Å². The fraction of sp³-hybridized carbons (Fsp3) is 0.438. The molecule has 0 bridgehead atoms. The SMILES string of the molecule is CCn1nccc1CNC(c1ccccc1)C1CC1. The van der Waals surface area contributed by atoms with E-state index in [9.17, 15) is 0 Å². The molecule has 1 saturated carbocycles. The number of nitrogens with one attached hydrogen (secondary N) is 1. The first-order valence-electron chi connectivity index (χ1n) is 7.17. The average Bonchev–Trinajstić information content (AvgIpc) is 3.18. The largest absolute Gasteiger partial charge is 0.304 e. The summed E-state index contributed by atoms with van der Waals surface area (Å²) in [6.45, 7) is 3.96. The second-order valence-electron chi connectivity index (χ2n) is 5.24. The molecule has 2 aromatic rings. The lowest BCUT2D eigenvalue weighted by atomic mass is 10.0. The predicted molar refractivity (Wildman–Crippen MR) is 76.6 cm³/mol.